The van der Waals surface area contributed by atoms with Crippen molar-refractivity contribution >= 4 is 5.91 Å². The molecule has 0 saturated heterocycles. The largest absolute Gasteiger partial charge is 0.486 e. The molecule has 6 heteroatoms. The monoisotopic (exact) mass is 355 g/mol. The van der Waals surface area contributed by atoms with Crippen molar-refractivity contribution in [3.05, 3.63) is 47.3 Å². The minimum absolute atomic E-state index is 0.0122. The molecule has 1 aromatic heterocycles. The van der Waals surface area contributed by atoms with E-state index in [0.29, 0.717) is 31.4 Å². The number of fused-ring (bicyclic) bond motifs is 1. The van der Waals surface area contributed by atoms with Crippen molar-refractivity contribution in [3.8, 4) is 11.5 Å². The molecule has 1 aliphatic heterocycles. The van der Waals surface area contributed by atoms with Crippen LogP contribution in [0.3, 0.4) is 0 Å². The Labute approximate surface area is 153 Å². The third-order valence-electron chi connectivity index (χ3n) is 4.91. The first kappa shape index (κ1) is 17.0. The molecule has 2 heterocycles. The van der Waals surface area contributed by atoms with Crippen molar-refractivity contribution in [1.82, 2.24) is 15.2 Å². The molecule has 1 aliphatic carbocycles. The second-order valence-electron chi connectivity index (χ2n) is 7.20. The lowest BCUT2D eigenvalue weighted by molar-refractivity contribution is 0.0822. The fourth-order valence-corrected chi connectivity index (χ4v) is 3.37. The molecule has 138 valence electrons. The van der Waals surface area contributed by atoms with Crippen LogP contribution in [0.5, 0.6) is 11.5 Å². The summed E-state index contributed by atoms with van der Waals surface area (Å²) in [6.45, 7) is 1.90. The number of carbonyl (C=O) groups excluding carboxylic acids is 1. The highest BCUT2D eigenvalue weighted by Gasteiger charge is 2.32. The van der Waals surface area contributed by atoms with Crippen LogP contribution in [-0.4, -0.2) is 43.1 Å². The van der Waals surface area contributed by atoms with Gasteiger partial charge in [-0.05, 0) is 48.6 Å². The quantitative estimate of drug-likeness (QED) is 0.836. The number of benzene rings is 1. The minimum Gasteiger partial charge on any atom is -0.486 e. The van der Waals surface area contributed by atoms with Gasteiger partial charge in [-0.3, -0.25) is 4.79 Å². The summed E-state index contributed by atoms with van der Waals surface area (Å²) in [5, 5.41) is 3.65. The zero-order chi connectivity index (χ0) is 18.1. The van der Waals surface area contributed by atoms with Gasteiger partial charge < -0.3 is 24.7 Å². The molecule has 2 N–H and O–H groups in total. The normalized spacial score (nSPS) is 17.0. The number of nitrogens with one attached hydrogen (secondary N) is 2. The summed E-state index contributed by atoms with van der Waals surface area (Å²) < 4.78 is 11.3. The average Bonchev–Trinajstić information content (AvgIpc) is 3.38. The smallest absolute Gasteiger partial charge is 0.269 e. The summed E-state index contributed by atoms with van der Waals surface area (Å²) in [6, 6.07) is 10.3. The molecule has 1 amide bonds. The Bertz CT molecular complexity index is 795. The zero-order valence-corrected chi connectivity index (χ0v) is 15.2. The van der Waals surface area contributed by atoms with Crippen molar-refractivity contribution in [1.29, 1.82) is 0 Å². The second-order valence-corrected chi connectivity index (χ2v) is 7.20. The maximum Gasteiger partial charge on any atom is 0.269 e. The number of aromatic amines is 1. The van der Waals surface area contributed by atoms with E-state index in [4.69, 9.17) is 9.47 Å². The molecule has 0 bridgehead atoms. The van der Waals surface area contributed by atoms with Gasteiger partial charge in [0.05, 0.1) is 0 Å². The Hall–Kier alpha value is -2.47. The summed E-state index contributed by atoms with van der Waals surface area (Å²) in [5.74, 6) is 2.29. The molecule has 1 fully saturated rings. The van der Waals surface area contributed by atoms with Crippen LogP contribution in [0.15, 0.2) is 30.3 Å². The fraction of sp³-hybridized carbons (Fsp3) is 0.450. The molecular weight excluding hydrogens is 330 g/mol. The van der Waals surface area contributed by atoms with Crippen LogP contribution in [0.4, 0.5) is 0 Å². The second kappa shape index (κ2) is 7.03. The van der Waals surface area contributed by atoms with Crippen LogP contribution in [-0.2, 0) is 6.54 Å². The van der Waals surface area contributed by atoms with E-state index in [2.05, 4.69) is 22.4 Å². The van der Waals surface area contributed by atoms with Gasteiger partial charge >= 0.3 is 0 Å². The topological polar surface area (TPSA) is 66.6 Å². The number of rotatable bonds is 6. The molecule has 6 nitrogen and oxygen atoms in total. The van der Waals surface area contributed by atoms with E-state index in [-0.39, 0.29) is 11.9 Å². The lowest BCUT2D eigenvalue weighted by Gasteiger charge is -2.23. The van der Waals surface area contributed by atoms with Crippen molar-refractivity contribution in [2.24, 2.45) is 5.92 Å². The molecule has 1 saturated carbocycles. The maximum atomic E-state index is 12.0. The van der Waals surface area contributed by atoms with Crippen LogP contribution in [0.25, 0.3) is 0 Å². The number of ether oxygens (including phenoxy) is 2. The summed E-state index contributed by atoms with van der Waals surface area (Å²) in [5.41, 5.74) is 2.86. The van der Waals surface area contributed by atoms with Gasteiger partial charge in [-0.1, -0.05) is 6.07 Å². The van der Waals surface area contributed by atoms with Gasteiger partial charge in [0, 0.05) is 32.4 Å². The Morgan fingerprint density at radius 3 is 2.69 bits per heavy atom. The van der Waals surface area contributed by atoms with Crippen LogP contribution in [0.1, 0.15) is 40.6 Å². The first-order chi connectivity index (χ1) is 12.6. The van der Waals surface area contributed by atoms with Gasteiger partial charge in [0.1, 0.15) is 18.9 Å². The summed E-state index contributed by atoms with van der Waals surface area (Å²) in [4.78, 5) is 16.8. The van der Waals surface area contributed by atoms with E-state index < -0.39 is 0 Å². The molecule has 2 aliphatic rings. The van der Waals surface area contributed by atoms with Crippen LogP contribution in [0, 0.1) is 5.92 Å². The molecule has 26 heavy (non-hydrogen) atoms. The molecule has 0 radical (unpaired) electrons. The third-order valence-corrected chi connectivity index (χ3v) is 4.91. The molecule has 1 atom stereocenters. The molecule has 1 unspecified atom stereocenters. The minimum atomic E-state index is -0.0122. The highest BCUT2D eigenvalue weighted by molar-refractivity contribution is 5.92. The van der Waals surface area contributed by atoms with Crippen LogP contribution in [0.2, 0.25) is 0 Å². The number of carbonyl (C=O) groups is 1. The number of nitrogens with zero attached hydrogens (tertiary/aromatic N) is 1. The van der Waals surface area contributed by atoms with E-state index in [1.165, 1.54) is 18.4 Å². The Morgan fingerprint density at radius 2 is 1.96 bits per heavy atom. The van der Waals surface area contributed by atoms with Crippen molar-refractivity contribution < 1.29 is 14.3 Å². The van der Waals surface area contributed by atoms with Crippen LogP contribution < -0.4 is 14.8 Å². The van der Waals surface area contributed by atoms with Gasteiger partial charge in [-0.15, -0.1) is 0 Å². The number of hydrogen-bond acceptors (Lipinski definition) is 4. The SMILES string of the molecule is CN(C)C(=O)c1ccc(CNC(c2ccc3c(c2)OCCO3)C2CC2)[nH]1. The van der Waals surface area contributed by atoms with Gasteiger partial charge in [0.2, 0.25) is 0 Å². The molecule has 1 aromatic carbocycles. The third kappa shape index (κ3) is 3.55. The lowest BCUT2D eigenvalue weighted by atomic mass is 10.0. The van der Waals surface area contributed by atoms with E-state index in [1.807, 2.05) is 18.2 Å². The first-order valence-corrected chi connectivity index (χ1v) is 9.14. The molecule has 2 aromatic rings. The summed E-state index contributed by atoms with van der Waals surface area (Å²) in [7, 11) is 3.51. The molecule has 4 rings (SSSR count). The van der Waals surface area contributed by atoms with Crippen LogP contribution >= 0.6 is 0 Å². The highest BCUT2D eigenvalue weighted by Crippen LogP contribution is 2.43. The Morgan fingerprint density at radius 1 is 1.19 bits per heavy atom. The van der Waals surface area contributed by atoms with Gasteiger partial charge in [-0.25, -0.2) is 0 Å². The number of H-pyrrole nitrogens is 1. The highest BCUT2D eigenvalue weighted by atomic mass is 16.6. The molecular formula is C20H25N3O3. The fourth-order valence-electron chi connectivity index (χ4n) is 3.37. The van der Waals surface area contributed by atoms with E-state index in [0.717, 1.165) is 17.2 Å². The summed E-state index contributed by atoms with van der Waals surface area (Å²) >= 11 is 0. The predicted molar refractivity (Wildman–Crippen MR) is 98.5 cm³/mol. The molecule has 0 spiro atoms. The zero-order valence-electron chi connectivity index (χ0n) is 15.2. The number of hydrogen-bond donors (Lipinski definition) is 2. The maximum absolute atomic E-state index is 12.0. The number of amides is 1. The summed E-state index contributed by atoms with van der Waals surface area (Å²) in [6.07, 6.45) is 2.47. The standard InChI is InChI=1S/C20H25N3O3/c1-23(2)20(24)16-7-6-15(22-16)12-21-19(13-3-4-13)14-5-8-17-18(11-14)26-10-9-25-17/h5-8,11,13,19,21-22H,3-4,9-10,12H2,1-2H3. The Kier molecular flexibility index (Phi) is 4.59. The Balaban J connectivity index is 1.46. The van der Waals surface area contributed by atoms with E-state index in [9.17, 15) is 4.79 Å². The first-order valence-electron chi connectivity index (χ1n) is 9.14. The van der Waals surface area contributed by atoms with E-state index in [1.54, 1.807) is 19.0 Å². The van der Waals surface area contributed by atoms with Gasteiger partial charge in [-0.2, -0.15) is 0 Å². The van der Waals surface area contributed by atoms with Gasteiger partial charge in [0.25, 0.3) is 5.91 Å². The van der Waals surface area contributed by atoms with Crippen molar-refractivity contribution in [3.63, 3.8) is 0 Å². The predicted octanol–water partition coefficient (Wildman–Crippen LogP) is 2.73. The lowest BCUT2D eigenvalue weighted by Crippen LogP contribution is -2.24. The van der Waals surface area contributed by atoms with Gasteiger partial charge in [0.15, 0.2) is 11.5 Å². The van der Waals surface area contributed by atoms with E-state index >= 15 is 0 Å². The van der Waals surface area contributed by atoms with Crippen molar-refractivity contribution in [2.45, 2.75) is 25.4 Å². The van der Waals surface area contributed by atoms with Crippen molar-refractivity contribution in [2.75, 3.05) is 27.3 Å². The number of aromatic nitrogens is 1. The average molecular weight is 355 g/mol.